The summed E-state index contributed by atoms with van der Waals surface area (Å²) in [4.78, 5) is 9.41. The number of hydrogen-bond donors (Lipinski definition) is 1. The zero-order valence-corrected chi connectivity index (χ0v) is 18.1. The maximum Gasteiger partial charge on any atom is 0.203 e. The molecule has 0 amide bonds. The minimum absolute atomic E-state index is 0.715. The van der Waals surface area contributed by atoms with Crippen molar-refractivity contribution in [2.24, 2.45) is 7.05 Å². The summed E-state index contributed by atoms with van der Waals surface area (Å²) in [5.41, 5.74) is 6.12. The molecular formula is C27H24N4O. The predicted octanol–water partition coefficient (Wildman–Crippen LogP) is 6.35. The van der Waals surface area contributed by atoms with Crippen LogP contribution in [0, 0.1) is 6.92 Å². The molecule has 0 aliphatic rings. The number of nitrogens with one attached hydrogen (secondary N) is 1. The Kier molecular flexibility index (Phi) is 5.30. The summed E-state index contributed by atoms with van der Waals surface area (Å²) in [6, 6.07) is 28.3. The first-order valence-corrected chi connectivity index (χ1v) is 10.6. The van der Waals surface area contributed by atoms with Crippen molar-refractivity contribution >= 4 is 17.0 Å². The van der Waals surface area contributed by atoms with Gasteiger partial charge >= 0.3 is 0 Å². The number of anilines is 1. The molecule has 0 saturated carbocycles. The van der Waals surface area contributed by atoms with Crippen LogP contribution in [0.1, 0.15) is 11.1 Å². The quantitative estimate of drug-likeness (QED) is 0.348. The van der Waals surface area contributed by atoms with E-state index in [4.69, 9.17) is 9.72 Å². The first-order chi connectivity index (χ1) is 15.7. The number of aryl methyl sites for hydroxylation is 2. The van der Waals surface area contributed by atoms with Crippen LogP contribution in [0.2, 0.25) is 0 Å². The number of para-hydroxylation sites is 2. The van der Waals surface area contributed by atoms with Crippen LogP contribution in [0.25, 0.3) is 22.3 Å². The largest absolute Gasteiger partial charge is 0.457 e. The molecular weight excluding hydrogens is 396 g/mol. The molecule has 0 aliphatic carbocycles. The molecule has 0 atom stereocenters. The zero-order chi connectivity index (χ0) is 21.9. The summed E-state index contributed by atoms with van der Waals surface area (Å²) < 4.78 is 8.20. The van der Waals surface area contributed by atoms with Gasteiger partial charge < -0.3 is 14.6 Å². The van der Waals surface area contributed by atoms with E-state index in [0.717, 1.165) is 39.7 Å². The molecule has 5 aromatic rings. The molecule has 0 spiro atoms. The number of ether oxygens (including phenoxy) is 1. The van der Waals surface area contributed by atoms with Crippen LogP contribution in [0.3, 0.4) is 0 Å². The third kappa shape index (κ3) is 4.05. The fourth-order valence-corrected chi connectivity index (χ4v) is 3.79. The molecule has 2 heterocycles. The van der Waals surface area contributed by atoms with Crippen molar-refractivity contribution in [2.45, 2.75) is 13.5 Å². The summed E-state index contributed by atoms with van der Waals surface area (Å²) in [6.45, 7) is 2.82. The van der Waals surface area contributed by atoms with Crippen LogP contribution in [0.5, 0.6) is 11.5 Å². The zero-order valence-electron chi connectivity index (χ0n) is 18.1. The average Bonchev–Trinajstić information content (AvgIpc) is 3.14. The summed E-state index contributed by atoms with van der Waals surface area (Å²) in [7, 11) is 2.02. The summed E-state index contributed by atoms with van der Waals surface area (Å²) in [5.74, 6) is 2.38. The molecule has 32 heavy (non-hydrogen) atoms. The lowest BCUT2D eigenvalue weighted by molar-refractivity contribution is 0.484. The number of fused-ring (bicyclic) bond motifs is 1. The van der Waals surface area contributed by atoms with Crippen LogP contribution < -0.4 is 10.1 Å². The van der Waals surface area contributed by atoms with Crippen molar-refractivity contribution in [3.63, 3.8) is 0 Å². The first kappa shape index (κ1) is 19.8. The van der Waals surface area contributed by atoms with Crippen molar-refractivity contribution in [1.82, 2.24) is 14.5 Å². The first-order valence-electron chi connectivity index (χ1n) is 10.6. The van der Waals surface area contributed by atoms with Gasteiger partial charge in [-0.25, -0.2) is 4.98 Å². The van der Waals surface area contributed by atoms with Crippen molar-refractivity contribution in [3.8, 4) is 22.8 Å². The van der Waals surface area contributed by atoms with Gasteiger partial charge in [-0.15, -0.1) is 0 Å². The van der Waals surface area contributed by atoms with Crippen molar-refractivity contribution < 1.29 is 4.74 Å². The van der Waals surface area contributed by atoms with Gasteiger partial charge in [0.2, 0.25) is 5.95 Å². The third-order valence-electron chi connectivity index (χ3n) is 5.43. The van der Waals surface area contributed by atoms with Gasteiger partial charge in [0, 0.05) is 19.2 Å². The van der Waals surface area contributed by atoms with Gasteiger partial charge in [-0.2, -0.15) is 0 Å². The molecule has 0 radical (unpaired) electrons. The van der Waals surface area contributed by atoms with Crippen LogP contribution in [-0.2, 0) is 13.6 Å². The number of rotatable bonds is 6. The lowest BCUT2D eigenvalue weighted by Gasteiger charge is -2.11. The fourth-order valence-electron chi connectivity index (χ4n) is 3.79. The number of pyridine rings is 1. The SMILES string of the molecule is Cc1cccc(CNc2nc3cnc(-c4ccccc4Oc4ccccc4)cc3n2C)c1. The van der Waals surface area contributed by atoms with E-state index in [1.165, 1.54) is 11.1 Å². The predicted molar refractivity (Wildman–Crippen MR) is 129 cm³/mol. The Morgan fingerprint density at radius 1 is 0.906 bits per heavy atom. The van der Waals surface area contributed by atoms with Gasteiger partial charge in [0.1, 0.15) is 17.0 Å². The molecule has 3 aromatic carbocycles. The van der Waals surface area contributed by atoms with Crippen LogP contribution in [-0.4, -0.2) is 14.5 Å². The van der Waals surface area contributed by atoms with Crippen LogP contribution in [0.15, 0.2) is 91.1 Å². The topological polar surface area (TPSA) is 52.0 Å². The molecule has 0 aliphatic heterocycles. The van der Waals surface area contributed by atoms with Crippen molar-refractivity contribution in [3.05, 3.63) is 102 Å². The average molecular weight is 421 g/mol. The Labute approximate surface area is 187 Å². The van der Waals surface area contributed by atoms with Gasteiger partial charge in [0.25, 0.3) is 0 Å². The standard InChI is InChI=1S/C27H24N4O/c1-19-9-8-10-20(15-19)17-29-27-30-24-18-28-23(16-25(24)31(27)2)22-13-6-7-14-26(22)32-21-11-4-3-5-12-21/h3-16,18H,17H2,1-2H3,(H,29,30). The van der Waals surface area contributed by atoms with Crippen LogP contribution >= 0.6 is 0 Å². The van der Waals surface area contributed by atoms with Crippen molar-refractivity contribution in [1.29, 1.82) is 0 Å². The van der Waals surface area contributed by atoms with E-state index in [-0.39, 0.29) is 0 Å². The normalized spacial score (nSPS) is 10.9. The molecule has 2 aromatic heterocycles. The van der Waals surface area contributed by atoms with E-state index in [2.05, 4.69) is 52.1 Å². The molecule has 0 saturated heterocycles. The van der Waals surface area contributed by atoms with Gasteiger partial charge in [-0.05, 0) is 42.8 Å². The second-order valence-corrected chi connectivity index (χ2v) is 7.81. The Hall–Kier alpha value is -4.12. The van der Waals surface area contributed by atoms with Crippen molar-refractivity contribution in [2.75, 3.05) is 5.32 Å². The van der Waals surface area contributed by atoms with Crippen LogP contribution in [0.4, 0.5) is 5.95 Å². The molecule has 0 unspecified atom stereocenters. The van der Waals surface area contributed by atoms with E-state index in [1.54, 1.807) is 0 Å². The highest BCUT2D eigenvalue weighted by Gasteiger charge is 2.13. The lowest BCUT2D eigenvalue weighted by atomic mass is 10.1. The van der Waals surface area contributed by atoms with Gasteiger partial charge in [0.05, 0.1) is 17.4 Å². The molecule has 158 valence electrons. The highest BCUT2D eigenvalue weighted by atomic mass is 16.5. The minimum atomic E-state index is 0.715. The second-order valence-electron chi connectivity index (χ2n) is 7.81. The summed E-state index contributed by atoms with van der Waals surface area (Å²) in [6.07, 6.45) is 1.82. The Balaban J connectivity index is 1.45. The third-order valence-corrected chi connectivity index (χ3v) is 5.43. The van der Waals surface area contributed by atoms with Gasteiger partial charge in [-0.3, -0.25) is 4.98 Å². The number of aromatic nitrogens is 3. The van der Waals surface area contributed by atoms with E-state index >= 15 is 0 Å². The lowest BCUT2D eigenvalue weighted by Crippen LogP contribution is -2.05. The summed E-state index contributed by atoms with van der Waals surface area (Å²) >= 11 is 0. The number of nitrogens with zero attached hydrogens (tertiary/aromatic N) is 3. The molecule has 5 nitrogen and oxygen atoms in total. The van der Waals surface area contributed by atoms with E-state index in [0.29, 0.717) is 6.54 Å². The number of imidazole rings is 1. The highest BCUT2D eigenvalue weighted by Crippen LogP contribution is 2.33. The minimum Gasteiger partial charge on any atom is -0.457 e. The molecule has 0 bridgehead atoms. The Bertz CT molecular complexity index is 1380. The Morgan fingerprint density at radius 3 is 2.56 bits per heavy atom. The maximum atomic E-state index is 6.13. The molecule has 5 rings (SSSR count). The van der Waals surface area contributed by atoms with Gasteiger partial charge in [0.15, 0.2) is 0 Å². The fraction of sp³-hybridized carbons (Fsp3) is 0.111. The van der Waals surface area contributed by atoms with Gasteiger partial charge in [-0.1, -0.05) is 60.2 Å². The second kappa shape index (κ2) is 8.55. The molecule has 0 fully saturated rings. The van der Waals surface area contributed by atoms with E-state index in [9.17, 15) is 0 Å². The number of hydrogen-bond acceptors (Lipinski definition) is 4. The van der Waals surface area contributed by atoms with E-state index in [1.807, 2.05) is 67.8 Å². The smallest absolute Gasteiger partial charge is 0.203 e. The molecule has 1 N–H and O–H groups in total. The Morgan fingerprint density at radius 2 is 1.72 bits per heavy atom. The highest BCUT2D eigenvalue weighted by molar-refractivity contribution is 5.83. The monoisotopic (exact) mass is 420 g/mol. The summed E-state index contributed by atoms with van der Waals surface area (Å²) in [5, 5.41) is 3.45. The van der Waals surface area contributed by atoms with E-state index < -0.39 is 0 Å². The number of benzene rings is 3. The molecule has 5 heteroatoms. The maximum absolute atomic E-state index is 6.13.